The van der Waals surface area contributed by atoms with Crippen LogP contribution in [-0.2, 0) is 0 Å². The van der Waals surface area contributed by atoms with Crippen molar-refractivity contribution < 1.29 is 0 Å². The summed E-state index contributed by atoms with van der Waals surface area (Å²) < 4.78 is 7.74. The third-order valence-corrected chi connectivity index (χ3v) is 12.6. The second kappa shape index (κ2) is 10.6. The van der Waals surface area contributed by atoms with E-state index in [1.54, 1.807) is 0 Å². The minimum atomic E-state index is 0.203. The fourth-order valence-corrected chi connectivity index (χ4v) is 10.4. The van der Waals surface area contributed by atoms with E-state index in [0.717, 1.165) is 5.69 Å². The molecule has 2 atom stereocenters. The van der Waals surface area contributed by atoms with E-state index in [9.17, 15) is 0 Å². The van der Waals surface area contributed by atoms with Gasteiger partial charge in [0.05, 0.1) is 33.8 Å². The first kappa shape index (κ1) is 28.3. The van der Waals surface area contributed by atoms with Crippen molar-refractivity contribution in [2.45, 2.75) is 12.0 Å². The van der Waals surface area contributed by atoms with Gasteiger partial charge in [-0.05, 0) is 60.2 Å². The Balaban J connectivity index is 1.28. The molecule has 52 heavy (non-hydrogen) atoms. The topological polar surface area (TPSA) is 13.1 Å². The molecule has 3 nitrogen and oxygen atoms in total. The van der Waals surface area contributed by atoms with Crippen molar-refractivity contribution >= 4 is 86.5 Å². The summed E-state index contributed by atoms with van der Waals surface area (Å²) in [4.78, 5) is 2.59. The van der Waals surface area contributed by atoms with Gasteiger partial charge < -0.3 is 14.0 Å². The van der Waals surface area contributed by atoms with Gasteiger partial charge in [0.25, 0.3) is 0 Å². The number of hydrogen-bond donors (Lipinski definition) is 0. The van der Waals surface area contributed by atoms with Crippen LogP contribution in [0.1, 0.15) is 11.5 Å². The molecular weight excluding hydrogens is 651 g/mol. The number of hydrogen-bond acceptors (Lipinski definition) is 2. The third-order valence-electron chi connectivity index (χ3n) is 11.4. The summed E-state index contributed by atoms with van der Waals surface area (Å²) in [5.74, 6) is 0.269. The van der Waals surface area contributed by atoms with Crippen molar-refractivity contribution in [2.24, 2.45) is 0 Å². The molecule has 12 rings (SSSR count). The number of benzene rings is 7. The number of nitrogens with zero attached hydrogens (tertiary/aromatic N) is 3. The van der Waals surface area contributed by atoms with E-state index in [0.29, 0.717) is 0 Å². The molecule has 4 heteroatoms. The van der Waals surface area contributed by atoms with E-state index in [-0.39, 0.29) is 12.0 Å². The minimum Gasteiger partial charge on any atom is -0.332 e. The number of thiophene rings is 1. The number of fused-ring (bicyclic) bond motifs is 14. The summed E-state index contributed by atoms with van der Waals surface area (Å²) in [6, 6.07) is 56.4. The molecule has 0 bridgehead atoms. The van der Waals surface area contributed by atoms with Crippen LogP contribution in [0.5, 0.6) is 0 Å². The Morgan fingerprint density at radius 1 is 0.423 bits per heavy atom. The quantitative estimate of drug-likeness (QED) is 0.181. The van der Waals surface area contributed by atoms with Gasteiger partial charge in [0.2, 0.25) is 0 Å². The van der Waals surface area contributed by atoms with Gasteiger partial charge in [-0.3, -0.25) is 0 Å². The lowest BCUT2D eigenvalue weighted by atomic mass is 9.91. The smallest absolute Gasteiger partial charge is 0.0789 e. The largest absolute Gasteiger partial charge is 0.332 e. The maximum Gasteiger partial charge on any atom is 0.0789 e. The van der Waals surface area contributed by atoms with E-state index >= 15 is 0 Å². The molecule has 0 radical (unpaired) electrons. The van der Waals surface area contributed by atoms with Gasteiger partial charge in [0.1, 0.15) is 0 Å². The first-order chi connectivity index (χ1) is 25.8. The summed E-state index contributed by atoms with van der Waals surface area (Å²) >= 11 is 1.87. The van der Waals surface area contributed by atoms with Crippen LogP contribution < -0.4 is 4.90 Å². The normalized spacial score (nSPS) is 16.7. The van der Waals surface area contributed by atoms with Crippen molar-refractivity contribution in [3.63, 3.8) is 0 Å². The molecule has 0 saturated heterocycles. The highest BCUT2D eigenvalue weighted by Crippen LogP contribution is 2.53. The fraction of sp³-hybridized carbons (Fsp3) is 0.0417. The van der Waals surface area contributed by atoms with Crippen molar-refractivity contribution in [3.8, 4) is 11.4 Å². The second-order valence-electron chi connectivity index (χ2n) is 14.1. The van der Waals surface area contributed by atoms with Gasteiger partial charge in [0, 0.05) is 64.7 Å². The molecule has 0 saturated carbocycles. The summed E-state index contributed by atoms with van der Waals surface area (Å²) in [7, 11) is 0. The number of allylic oxidation sites excluding steroid dienone is 2. The Kier molecular flexibility index (Phi) is 5.77. The Morgan fingerprint density at radius 2 is 1.06 bits per heavy atom. The van der Waals surface area contributed by atoms with Crippen molar-refractivity contribution in [3.05, 3.63) is 182 Å². The number of anilines is 2. The lowest BCUT2D eigenvalue weighted by Gasteiger charge is -2.29. The highest BCUT2D eigenvalue weighted by Gasteiger charge is 2.40. The lowest BCUT2D eigenvalue weighted by Crippen LogP contribution is -2.28. The predicted octanol–water partition coefficient (Wildman–Crippen LogP) is 13.0. The van der Waals surface area contributed by atoms with Crippen LogP contribution in [-0.4, -0.2) is 15.2 Å². The lowest BCUT2D eigenvalue weighted by molar-refractivity contribution is 0.745. The molecule has 4 heterocycles. The summed E-state index contributed by atoms with van der Waals surface area (Å²) in [6.07, 6.45) is 9.18. The molecule has 3 aromatic heterocycles. The standard InChI is InChI=1S/C48H31N3S/c1-3-13-30(14-4-1)49-41-20-10-7-17-33(41)36-24-26-38-39-27-25-37-34-18-8-11-21-42(34)50(32-23-28-44-40(29-32)35-19-9-12-22-43(35)52-44)46(37)48(39)51(47(38)45(36)49)31-15-5-2-6-16-31/h1-29,33,41H. The molecule has 2 aliphatic rings. The zero-order valence-corrected chi connectivity index (χ0v) is 29.0. The summed E-state index contributed by atoms with van der Waals surface area (Å²) in [5, 5.41) is 7.67. The van der Waals surface area contributed by atoms with Gasteiger partial charge in [-0.15, -0.1) is 11.3 Å². The van der Waals surface area contributed by atoms with Gasteiger partial charge in [-0.1, -0.05) is 121 Å². The Morgan fingerprint density at radius 3 is 1.90 bits per heavy atom. The maximum atomic E-state index is 2.59. The van der Waals surface area contributed by atoms with Crippen LogP contribution >= 0.6 is 11.3 Å². The first-order valence-corrected chi connectivity index (χ1v) is 18.8. The van der Waals surface area contributed by atoms with Crippen molar-refractivity contribution in [2.75, 3.05) is 4.90 Å². The highest BCUT2D eigenvalue weighted by atomic mass is 32.1. The van der Waals surface area contributed by atoms with Crippen molar-refractivity contribution in [1.82, 2.24) is 9.13 Å². The molecule has 2 unspecified atom stereocenters. The fourth-order valence-electron chi connectivity index (χ4n) is 9.28. The summed E-state index contributed by atoms with van der Waals surface area (Å²) in [5.41, 5.74) is 11.1. The van der Waals surface area contributed by atoms with E-state index in [4.69, 9.17) is 0 Å². The Labute approximate surface area is 304 Å². The summed E-state index contributed by atoms with van der Waals surface area (Å²) in [6.45, 7) is 0. The monoisotopic (exact) mass is 681 g/mol. The van der Waals surface area contributed by atoms with Crippen LogP contribution in [0.25, 0.3) is 75.2 Å². The third kappa shape index (κ3) is 3.74. The molecule has 0 fully saturated rings. The molecule has 1 aliphatic carbocycles. The highest BCUT2D eigenvalue weighted by molar-refractivity contribution is 7.25. The van der Waals surface area contributed by atoms with Gasteiger partial charge in [-0.2, -0.15) is 0 Å². The van der Waals surface area contributed by atoms with Gasteiger partial charge in [0.15, 0.2) is 0 Å². The minimum absolute atomic E-state index is 0.203. The molecular formula is C48H31N3S. The first-order valence-electron chi connectivity index (χ1n) is 18.0. The van der Waals surface area contributed by atoms with E-state index in [1.807, 2.05) is 11.3 Å². The van der Waals surface area contributed by atoms with Crippen LogP contribution in [0, 0.1) is 0 Å². The number of rotatable bonds is 3. The zero-order chi connectivity index (χ0) is 33.9. The van der Waals surface area contributed by atoms with Gasteiger partial charge >= 0.3 is 0 Å². The Bertz CT molecular complexity index is 3140. The average molecular weight is 682 g/mol. The van der Waals surface area contributed by atoms with Crippen molar-refractivity contribution in [1.29, 1.82) is 0 Å². The SMILES string of the molecule is C1=CC2c3ccc4c5ccc6c7ccccc7n(-c7ccc8sc9ccccc9c8c7)c6c5n(-c5ccccc5)c4c3N(c3ccccc3)C2C=C1. The van der Waals surface area contributed by atoms with E-state index in [2.05, 4.69) is 190 Å². The van der Waals surface area contributed by atoms with Crippen LogP contribution in [0.15, 0.2) is 176 Å². The Hall–Kier alpha value is -6.36. The second-order valence-corrected chi connectivity index (χ2v) is 15.1. The average Bonchev–Trinajstić information content (AvgIpc) is 3.94. The molecule has 10 aromatic rings. The van der Waals surface area contributed by atoms with Crippen LogP contribution in [0.4, 0.5) is 11.4 Å². The molecule has 244 valence electrons. The molecule has 1 aliphatic heterocycles. The molecule has 0 spiro atoms. The van der Waals surface area contributed by atoms with Crippen LogP contribution in [0.3, 0.4) is 0 Å². The zero-order valence-electron chi connectivity index (χ0n) is 28.1. The molecule has 0 N–H and O–H groups in total. The molecule has 0 amide bonds. The van der Waals surface area contributed by atoms with Gasteiger partial charge in [-0.25, -0.2) is 0 Å². The number of aromatic nitrogens is 2. The van der Waals surface area contributed by atoms with E-state index < -0.39 is 0 Å². The van der Waals surface area contributed by atoms with E-state index in [1.165, 1.54) is 86.4 Å². The van der Waals surface area contributed by atoms with Crippen LogP contribution in [0.2, 0.25) is 0 Å². The molecule has 7 aromatic carbocycles. The number of para-hydroxylation sites is 3. The maximum absolute atomic E-state index is 2.59. The predicted molar refractivity (Wildman–Crippen MR) is 221 cm³/mol.